The average Bonchev–Trinajstić information content (AvgIpc) is 2.38. The van der Waals surface area contributed by atoms with Crippen molar-refractivity contribution in [2.24, 2.45) is 5.73 Å². The van der Waals surface area contributed by atoms with Crippen LogP contribution in [0.5, 0.6) is 0 Å². The molecule has 0 radical (unpaired) electrons. The summed E-state index contributed by atoms with van der Waals surface area (Å²) < 4.78 is 0. The third-order valence-electron chi connectivity index (χ3n) is 3.32. The molecule has 1 aliphatic rings. The van der Waals surface area contributed by atoms with Gasteiger partial charge >= 0.3 is 0 Å². The molecule has 0 saturated carbocycles. The molecule has 5 heteroatoms. The van der Waals surface area contributed by atoms with Crippen LogP contribution >= 0.6 is 11.6 Å². The Bertz CT molecular complexity index is 438. The molecule has 1 fully saturated rings. The Morgan fingerprint density at radius 3 is 2.83 bits per heavy atom. The zero-order valence-corrected chi connectivity index (χ0v) is 11.2. The molecule has 1 saturated heterocycles. The highest BCUT2D eigenvalue weighted by molar-refractivity contribution is 6.33. The summed E-state index contributed by atoms with van der Waals surface area (Å²) in [5.41, 5.74) is 6.31. The molecule has 18 heavy (non-hydrogen) atoms. The number of halogens is 1. The van der Waals surface area contributed by atoms with Crippen LogP contribution in [0.2, 0.25) is 5.02 Å². The summed E-state index contributed by atoms with van der Waals surface area (Å²) in [5, 5.41) is 0.497. The van der Waals surface area contributed by atoms with Gasteiger partial charge in [-0.05, 0) is 19.2 Å². The average molecular weight is 268 g/mol. The Morgan fingerprint density at radius 1 is 1.44 bits per heavy atom. The van der Waals surface area contributed by atoms with Crippen molar-refractivity contribution in [1.82, 2.24) is 9.80 Å². The Balaban J connectivity index is 2.20. The van der Waals surface area contributed by atoms with Crippen LogP contribution in [0.25, 0.3) is 0 Å². The van der Waals surface area contributed by atoms with Crippen LogP contribution in [0.4, 0.5) is 0 Å². The number of nitrogens with zero attached hydrogens (tertiary/aromatic N) is 2. The maximum absolute atomic E-state index is 12.5. The number of hydrogen-bond acceptors (Lipinski definition) is 3. The molecule has 1 atom stereocenters. The summed E-state index contributed by atoms with van der Waals surface area (Å²) in [6, 6.07) is 7.21. The predicted molar refractivity (Wildman–Crippen MR) is 72.8 cm³/mol. The van der Waals surface area contributed by atoms with E-state index in [0.717, 1.165) is 13.1 Å². The number of carbonyl (C=O) groups excluding carboxylic acids is 1. The molecule has 1 unspecified atom stereocenters. The van der Waals surface area contributed by atoms with Crippen molar-refractivity contribution in [2.45, 2.75) is 6.04 Å². The molecule has 0 bridgehead atoms. The number of likely N-dealkylation sites (N-methyl/N-ethyl adjacent to an activating group) is 1. The molecule has 1 aromatic carbocycles. The lowest BCUT2D eigenvalue weighted by atomic mass is 10.1. The second-order valence-electron chi connectivity index (χ2n) is 4.63. The third-order valence-corrected chi connectivity index (χ3v) is 3.65. The van der Waals surface area contributed by atoms with Gasteiger partial charge in [0.2, 0.25) is 0 Å². The van der Waals surface area contributed by atoms with Crippen LogP contribution in [-0.2, 0) is 0 Å². The van der Waals surface area contributed by atoms with Crippen molar-refractivity contribution in [1.29, 1.82) is 0 Å². The molecule has 2 N–H and O–H groups in total. The third kappa shape index (κ3) is 2.66. The van der Waals surface area contributed by atoms with E-state index in [1.807, 2.05) is 24.1 Å². The van der Waals surface area contributed by atoms with E-state index >= 15 is 0 Å². The van der Waals surface area contributed by atoms with E-state index in [1.165, 1.54) is 0 Å². The second-order valence-corrected chi connectivity index (χ2v) is 5.04. The van der Waals surface area contributed by atoms with Crippen LogP contribution in [0.3, 0.4) is 0 Å². The minimum absolute atomic E-state index is 0.0239. The maximum Gasteiger partial charge on any atom is 0.255 e. The zero-order chi connectivity index (χ0) is 13.1. The van der Waals surface area contributed by atoms with E-state index in [4.69, 9.17) is 17.3 Å². The molecule has 1 heterocycles. The number of carbonyl (C=O) groups is 1. The molecule has 0 spiro atoms. The summed E-state index contributed by atoms with van der Waals surface area (Å²) in [6.07, 6.45) is 0. The molecule has 4 nitrogen and oxygen atoms in total. The monoisotopic (exact) mass is 267 g/mol. The lowest BCUT2D eigenvalue weighted by Crippen LogP contribution is -2.56. The first-order valence-corrected chi connectivity index (χ1v) is 6.45. The Hall–Kier alpha value is -1.10. The molecular formula is C13H18ClN3O. The maximum atomic E-state index is 12.5. The van der Waals surface area contributed by atoms with Gasteiger partial charge in [-0.25, -0.2) is 0 Å². The van der Waals surface area contributed by atoms with E-state index < -0.39 is 0 Å². The fourth-order valence-electron chi connectivity index (χ4n) is 2.27. The van der Waals surface area contributed by atoms with Crippen molar-refractivity contribution in [3.63, 3.8) is 0 Å². The molecule has 1 amide bonds. The predicted octanol–water partition coefficient (Wildman–Crippen LogP) is 1.05. The summed E-state index contributed by atoms with van der Waals surface area (Å²) >= 11 is 6.07. The first-order valence-electron chi connectivity index (χ1n) is 6.07. The van der Waals surface area contributed by atoms with Crippen LogP contribution in [0, 0.1) is 0 Å². The van der Waals surface area contributed by atoms with E-state index in [9.17, 15) is 4.79 Å². The molecular weight excluding hydrogens is 250 g/mol. The van der Waals surface area contributed by atoms with Crippen LogP contribution in [0.15, 0.2) is 24.3 Å². The van der Waals surface area contributed by atoms with Gasteiger partial charge in [0.15, 0.2) is 0 Å². The van der Waals surface area contributed by atoms with Crippen molar-refractivity contribution in [2.75, 3.05) is 33.2 Å². The molecule has 0 aromatic heterocycles. The second kappa shape index (κ2) is 5.69. The number of piperazine rings is 1. The minimum Gasteiger partial charge on any atom is -0.332 e. The first-order chi connectivity index (χ1) is 8.63. The van der Waals surface area contributed by atoms with Crippen LogP contribution < -0.4 is 5.73 Å². The fourth-order valence-corrected chi connectivity index (χ4v) is 2.49. The normalized spacial score (nSPS) is 21.1. The van der Waals surface area contributed by atoms with Crippen molar-refractivity contribution >= 4 is 17.5 Å². The Labute approximate surface area is 112 Å². The van der Waals surface area contributed by atoms with Gasteiger partial charge in [0, 0.05) is 26.2 Å². The largest absolute Gasteiger partial charge is 0.332 e. The topological polar surface area (TPSA) is 49.6 Å². The molecule has 2 rings (SSSR count). The SMILES string of the molecule is CN1CCN(C(=O)c2ccccc2Cl)C(CN)C1. The molecule has 0 aliphatic carbocycles. The van der Waals surface area contributed by atoms with Crippen LogP contribution in [-0.4, -0.2) is 55.0 Å². The highest BCUT2D eigenvalue weighted by atomic mass is 35.5. The van der Waals surface area contributed by atoms with Gasteiger partial charge in [-0.15, -0.1) is 0 Å². The standard InChI is InChI=1S/C13H18ClN3O/c1-16-6-7-17(10(8-15)9-16)13(18)11-4-2-3-5-12(11)14/h2-5,10H,6-9,15H2,1H3. The summed E-state index contributed by atoms with van der Waals surface area (Å²) in [4.78, 5) is 16.5. The van der Waals surface area contributed by atoms with Gasteiger partial charge in [0.1, 0.15) is 0 Å². The van der Waals surface area contributed by atoms with E-state index in [1.54, 1.807) is 12.1 Å². The minimum atomic E-state index is -0.0239. The van der Waals surface area contributed by atoms with Crippen molar-refractivity contribution in [3.05, 3.63) is 34.9 Å². The van der Waals surface area contributed by atoms with E-state index in [2.05, 4.69) is 4.90 Å². The Morgan fingerprint density at radius 2 is 2.17 bits per heavy atom. The highest BCUT2D eigenvalue weighted by Gasteiger charge is 2.29. The number of benzene rings is 1. The molecule has 1 aromatic rings. The van der Waals surface area contributed by atoms with Gasteiger partial charge in [-0.1, -0.05) is 23.7 Å². The fraction of sp³-hybridized carbons (Fsp3) is 0.462. The number of amides is 1. The first kappa shape index (κ1) is 13.3. The van der Waals surface area contributed by atoms with Gasteiger partial charge in [0.05, 0.1) is 16.6 Å². The number of hydrogen-bond donors (Lipinski definition) is 1. The van der Waals surface area contributed by atoms with E-state index in [-0.39, 0.29) is 11.9 Å². The zero-order valence-electron chi connectivity index (χ0n) is 10.5. The van der Waals surface area contributed by atoms with Gasteiger partial charge < -0.3 is 15.5 Å². The van der Waals surface area contributed by atoms with Gasteiger partial charge in [-0.2, -0.15) is 0 Å². The van der Waals surface area contributed by atoms with Crippen molar-refractivity contribution < 1.29 is 4.79 Å². The summed E-state index contributed by atoms with van der Waals surface area (Å²) in [7, 11) is 2.04. The van der Waals surface area contributed by atoms with Crippen LogP contribution in [0.1, 0.15) is 10.4 Å². The highest BCUT2D eigenvalue weighted by Crippen LogP contribution is 2.19. The lowest BCUT2D eigenvalue weighted by molar-refractivity contribution is 0.0516. The van der Waals surface area contributed by atoms with Gasteiger partial charge in [0.25, 0.3) is 5.91 Å². The lowest BCUT2D eigenvalue weighted by Gasteiger charge is -2.39. The quantitative estimate of drug-likeness (QED) is 0.872. The number of rotatable bonds is 2. The number of nitrogens with two attached hydrogens (primary N) is 1. The van der Waals surface area contributed by atoms with E-state index in [0.29, 0.717) is 23.7 Å². The summed E-state index contributed by atoms with van der Waals surface area (Å²) in [5.74, 6) is -0.0239. The molecule has 1 aliphatic heterocycles. The smallest absolute Gasteiger partial charge is 0.255 e. The van der Waals surface area contributed by atoms with Crippen molar-refractivity contribution in [3.8, 4) is 0 Å². The Kier molecular flexibility index (Phi) is 4.22. The van der Waals surface area contributed by atoms with Gasteiger partial charge in [-0.3, -0.25) is 4.79 Å². The summed E-state index contributed by atoms with van der Waals surface area (Å²) in [6.45, 7) is 2.85. The molecule has 98 valence electrons.